The van der Waals surface area contributed by atoms with Crippen molar-refractivity contribution in [1.82, 2.24) is 10.2 Å². The molecule has 1 unspecified atom stereocenters. The van der Waals surface area contributed by atoms with E-state index in [0.717, 1.165) is 47.2 Å². The van der Waals surface area contributed by atoms with Crippen LogP contribution in [0.5, 0.6) is 0 Å². The second-order valence-corrected chi connectivity index (χ2v) is 12.9. The number of Topliss-reactive ketones (excluding diaryl/α,β-unsaturated/α-hetero) is 1. The van der Waals surface area contributed by atoms with Gasteiger partial charge >= 0.3 is 6.03 Å². The molecule has 4 aromatic rings. The molecule has 2 aliphatic rings. The van der Waals surface area contributed by atoms with E-state index >= 15 is 0 Å². The first-order valence-corrected chi connectivity index (χ1v) is 17.0. The van der Waals surface area contributed by atoms with Crippen LogP contribution in [0.25, 0.3) is 0 Å². The van der Waals surface area contributed by atoms with E-state index in [1.807, 2.05) is 91.0 Å². The highest BCUT2D eigenvalue weighted by Gasteiger charge is 2.43. The van der Waals surface area contributed by atoms with Crippen LogP contribution in [-0.4, -0.2) is 64.8 Å². The summed E-state index contributed by atoms with van der Waals surface area (Å²) in [4.78, 5) is 27.8. The molecule has 6 atom stereocenters. The van der Waals surface area contributed by atoms with Gasteiger partial charge in [-0.3, -0.25) is 9.69 Å². The lowest BCUT2D eigenvalue weighted by Gasteiger charge is -2.44. The molecule has 2 amide bonds. The number of ether oxygens (including phenoxy) is 2. The van der Waals surface area contributed by atoms with Crippen LogP contribution in [0.4, 0.5) is 10.5 Å². The maximum atomic E-state index is 13.1. The number of anilines is 1. The van der Waals surface area contributed by atoms with Gasteiger partial charge in [0.1, 0.15) is 0 Å². The van der Waals surface area contributed by atoms with Crippen molar-refractivity contribution in [2.24, 2.45) is 0 Å². The molecule has 256 valence electrons. The molecule has 0 aromatic heterocycles. The summed E-state index contributed by atoms with van der Waals surface area (Å²) in [6.45, 7) is 3.02. The minimum atomic E-state index is -0.754. The van der Waals surface area contributed by atoms with Crippen LogP contribution in [0.1, 0.15) is 65.9 Å². The molecule has 9 nitrogen and oxygen atoms in total. The van der Waals surface area contributed by atoms with E-state index in [1.165, 1.54) is 6.92 Å². The fraction of sp³-hybridized carbons (Fsp3) is 0.350. The monoisotopic (exact) mass is 663 g/mol. The summed E-state index contributed by atoms with van der Waals surface area (Å²) in [5, 5.41) is 25.6. The number of carbonyl (C=O) groups is 2. The van der Waals surface area contributed by atoms with Crippen LogP contribution in [0.3, 0.4) is 0 Å². The molecule has 0 bridgehead atoms. The van der Waals surface area contributed by atoms with Gasteiger partial charge in [0.2, 0.25) is 0 Å². The molecule has 0 aliphatic carbocycles. The van der Waals surface area contributed by atoms with Gasteiger partial charge in [0, 0.05) is 29.8 Å². The van der Waals surface area contributed by atoms with Crippen molar-refractivity contribution in [2.75, 3.05) is 25.0 Å². The highest BCUT2D eigenvalue weighted by molar-refractivity contribution is 5.93. The van der Waals surface area contributed by atoms with Gasteiger partial charge in [-0.05, 0) is 67.1 Å². The van der Waals surface area contributed by atoms with Crippen molar-refractivity contribution >= 4 is 17.5 Å². The van der Waals surface area contributed by atoms with Crippen molar-refractivity contribution in [2.45, 2.75) is 69.3 Å². The first-order valence-electron chi connectivity index (χ1n) is 17.0. The fourth-order valence-electron chi connectivity index (χ4n) is 6.97. The number of aliphatic hydroxyl groups excluding tert-OH is 2. The van der Waals surface area contributed by atoms with Gasteiger partial charge in [-0.25, -0.2) is 4.79 Å². The number of likely N-dealkylation sites (tertiary alicyclic amines) is 1. The average Bonchev–Trinajstić information content (AvgIpc) is 3.59. The number of carbonyl (C=O) groups excluding carboxylic acids is 2. The summed E-state index contributed by atoms with van der Waals surface area (Å²) in [7, 11) is 0. The van der Waals surface area contributed by atoms with Gasteiger partial charge in [0.05, 0.1) is 31.5 Å². The van der Waals surface area contributed by atoms with Gasteiger partial charge in [0.25, 0.3) is 0 Å². The Morgan fingerprint density at radius 3 is 2.24 bits per heavy atom. The lowest BCUT2D eigenvalue weighted by molar-refractivity contribution is -0.264. The maximum Gasteiger partial charge on any atom is 0.319 e. The van der Waals surface area contributed by atoms with E-state index in [0.29, 0.717) is 18.7 Å². The van der Waals surface area contributed by atoms with E-state index in [-0.39, 0.29) is 43.2 Å². The van der Waals surface area contributed by atoms with Crippen LogP contribution in [0.15, 0.2) is 109 Å². The summed E-state index contributed by atoms with van der Waals surface area (Å²) in [6.07, 6.45) is 0.929. The third-order valence-electron chi connectivity index (χ3n) is 9.59. The SMILES string of the molecule is CC(=O)[C@@H](Cc1ccccc1)NC(=O)Nc1cccc(C2O[C@H](CN3CCC[C@H]3CO)[C@@H](c3ccccc3)[C@H](c3ccc(CO)cc3)O2)c1. The topological polar surface area (TPSA) is 120 Å². The predicted octanol–water partition coefficient (Wildman–Crippen LogP) is 5.90. The number of amides is 2. The van der Waals surface area contributed by atoms with E-state index in [4.69, 9.17) is 9.47 Å². The number of hydrogen-bond donors (Lipinski definition) is 4. The van der Waals surface area contributed by atoms with Gasteiger partial charge in [-0.1, -0.05) is 97.1 Å². The number of benzene rings is 4. The highest BCUT2D eigenvalue weighted by atomic mass is 16.7. The lowest BCUT2D eigenvalue weighted by atomic mass is 9.83. The summed E-state index contributed by atoms with van der Waals surface area (Å²) < 4.78 is 13.7. The first-order chi connectivity index (χ1) is 23.9. The largest absolute Gasteiger partial charge is 0.395 e. The molecule has 4 N–H and O–H groups in total. The van der Waals surface area contributed by atoms with Crippen molar-refractivity contribution in [3.63, 3.8) is 0 Å². The summed E-state index contributed by atoms with van der Waals surface area (Å²) in [5.74, 6) is -0.284. The van der Waals surface area contributed by atoms with Gasteiger partial charge < -0.3 is 30.3 Å². The number of nitrogens with one attached hydrogen (secondary N) is 2. The molecule has 0 saturated carbocycles. The molecule has 4 aromatic carbocycles. The number of ketones is 1. The molecular formula is C40H45N3O6. The molecule has 2 heterocycles. The van der Waals surface area contributed by atoms with Crippen LogP contribution < -0.4 is 10.6 Å². The molecule has 2 saturated heterocycles. The summed E-state index contributed by atoms with van der Waals surface area (Å²) in [5.41, 5.74) is 5.10. The second kappa shape index (κ2) is 16.3. The number of urea groups is 1. The normalized spacial score (nSPS) is 23.1. The minimum absolute atomic E-state index is 0.0490. The molecule has 9 heteroatoms. The Morgan fingerprint density at radius 1 is 0.837 bits per heavy atom. The Kier molecular flexibility index (Phi) is 11.5. The smallest absolute Gasteiger partial charge is 0.319 e. The third-order valence-corrected chi connectivity index (χ3v) is 9.59. The van der Waals surface area contributed by atoms with Gasteiger partial charge in [-0.15, -0.1) is 0 Å². The first kappa shape index (κ1) is 34.5. The highest BCUT2D eigenvalue weighted by Crippen LogP contribution is 2.47. The molecule has 49 heavy (non-hydrogen) atoms. The zero-order valence-corrected chi connectivity index (χ0v) is 27.8. The predicted molar refractivity (Wildman–Crippen MR) is 188 cm³/mol. The average molecular weight is 664 g/mol. The molecule has 0 spiro atoms. The third kappa shape index (κ3) is 8.62. The van der Waals surface area contributed by atoms with Crippen LogP contribution in [-0.2, 0) is 27.3 Å². The number of aliphatic hydroxyl groups is 2. The standard InChI is InChI=1S/C40H45N3O6/c1-27(46)35(22-28-10-4-2-5-11-28)42-40(47)41-33-15-8-14-32(23-33)39-48-36(24-43-21-9-16-34(43)26-45)37(30-12-6-3-7-13-30)38(49-39)31-19-17-29(25-44)18-20-31/h2-8,10-15,17-20,23,34-39,44-45H,9,16,21-22,24-26H2,1H3,(H2,41,42,47)/t34-,35+,36+,37+,38-,39?/m0/s1. The maximum absolute atomic E-state index is 13.1. The van der Waals surface area contributed by atoms with Crippen molar-refractivity contribution < 1.29 is 29.3 Å². The molecule has 0 radical (unpaired) electrons. The molecule has 2 aliphatic heterocycles. The molecule has 6 rings (SSSR count). The summed E-state index contributed by atoms with van der Waals surface area (Å²) in [6, 6.07) is 34.0. The minimum Gasteiger partial charge on any atom is -0.395 e. The van der Waals surface area contributed by atoms with Crippen molar-refractivity contribution in [1.29, 1.82) is 0 Å². The Labute approximate surface area is 287 Å². The number of rotatable bonds is 12. The lowest BCUT2D eigenvalue weighted by Crippen LogP contribution is -2.46. The van der Waals surface area contributed by atoms with E-state index in [1.54, 1.807) is 6.07 Å². The Balaban J connectivity index is 1.27. The van der Waals surface area contributed by atoms with Gasteiger partial charge in [0.15, 0.2) is 12.1 Å². The Hall–Kier alpha value is -4.38. The molecular weight excluding hydrogens is 618 g/mol. The van der Waals surface area contributed by atoms with Crippen LogP contribution in [0.2, 0.25) is 0 Å². The van der Waals surface area contributed by atoms with Gasteiger partial charge in [-0.2, -0.15) is 0 Å². The van der Waals surface area contributed by atoms with Crippen LogP contribution in [0, 0.1) is 0 Å². The zero-order chi connectivity index (χ0) is 34.2. The Bertz CT molecular complexity index is 1670. The van der Waals surface area contributed by atoms with Crippen LogP contribution >= 0.6 is 0 Å². The zero-order valence-electron chi connectivity index (χ0n) is 27.8. The van der Waals surface area contributed by atoms with E-state index in [9.17, 15) is 19.8 Å². The fourth-order valence-corrected chi connectivity index (χ4v) is 6.97. The van der Waals surface area contributed by atoms with Crippen molar-refractivity contribution in [3.05, 3.63) is 137 Å². The molecule has 2 fully saturated rings. The Morgan fingerprint density at radius 2 is 1.55 bits per heavy atom. The summed E-state index contributed by atoms with van der Waals surface area (Å²) >= 11 is 0. The van der Waals surface area contributed by atoms with Crippen molar-refractivity contribution in [3.8, 4) is 0 Å². The van der Waals surface area contributed by atoms with E-state index in [2.05, 4.69) is 27.7 Å². The van der Waals surface area contributed by atoms with E-state index < -0.39 is 18.4 Å². The number of nitrogens with zero attached hydrogens (tertiary/aromatic N) is 1. The second-order valence-electron chi connectivity index (χ2n) is 12.9. The number of hydrogen-bond acceptors (Lipinski definition) is 7. The quantitative estimate of drug-likeness (QED) is 0.149.